The maximum Gasteiger partial charge on any atom is 0.133 e. The second kappa shape index (κ2) is 5.29. The summed E-state index contributed by atoms with van der Waals surface area (Å²) in [7, 11) is 1.93. The molecule has 1 aromatic carbocycles. The fraction of sp³-hybridized carbons (Fsp3) is 0.385. The topological polar surface area (TPSA) is 21.3 Å². The first-order valence-corrected chi connectivity index (χ1v) is 6.33. The van der Waals surface area contributed by atoms with Gasteiger partial charge in [-0.25, -0.2) is 0 Å². The number of thioether (sulfide) groups is 1. The zero-order chi connectivity index (χ0) is 11.4. The van der Waals surface area contributed by atoms with E-state index < -0.39 is 0 Å². The standard InChI is InChI=1S/C13H15NOS/c1-3-6-10(14-2)12-9-16-13-8-5-4-7-11(13)15-12/h1,4-5,7-8,10,12,14H,6,9H2,2H3. The summed E-state index contributed by atoms with van der Waals surface area (Å²) < 4.78 is 5.96. The van der Waals surface area contributed by atoms with Crippen LogP contribution in [0.25, 0.3) is 0 Å². The van der Waals surface area contributed by atoms with Crippen molar-refractivity contribution in [2.75, 3.05) is 12.8 Å². The van der Waals surface area contributed by atoms with Crippen LogP contribution in [-0.4, -0.2) is 24.9 Å². The lowest BCUT2D eigenvalue weighted by Crippen LogP contribution is -2.43. The van der Waals surface area contributed by atoms with E-state index in [0.717, 1.165) is 11.5 Å². The third-order valence-corrected chi connectivity index (χ3v) is 3.83. The number of para-hydroxylation sites is 1. The SMILES string of the molecule is C#CCC(NC)C1CSc2ccccc2O1. The summed E-state index contributed by atoms with van der Waals surface area (Å²) in [6, 6.07) is 8.36. The van der Waals surface area contributed by atoms with Crippen LogP contribution in [0.15, 0.2) is 29.2 Å². The Labute approximate surface area is 101 Å². The van der Waals surface area contributed by atoms with E-state index in [0.29, 0.717) is 6.42 Å². The largest absolute Gasteiger partial charge is 0.487 e. The predicted molar refractivity (Wildman–Crippen MR) is 67.9 cm³/mol. The van der Waals surface area contributed by atoms with Gasteiger partial charge in [0.15, 0.2) is 0 Å². The van der Waals surface area contributed by atoms with E-state index in [-0.39, 0.29) is 12.1 Å². The van der Waals surface area contributed by atoms with Gasteiger partial charge >= 0.3 is 0 Å². The minimum Gasteiger partial charge on any atom is -0.487 e. The molecule has 0 fully saturated rings. The van der Waals surface area contributed by atoms with Gasteiger partial charge in [-0.3, -0.25) is 0 Å². The maximum absolute atomic E-state index is 5.96. The van der Waals surface area contributed by atoms with Crippen LogP contribution in [-0.2, 0) is 0 Å². The van der Waals surface area contributed by atoms with Gasteiger partial charge in [-0.15, -0.1) is 24.1 Å². The van der Waals surface area contributed by atoms with Gasteiger partial charge in [-0.2, -0.15) is 0 Å². The molecule has 1 N–H and O–H groups in total. The quantitative estimate of drug-likeness (QED) is 0.808. The van der Waals surface area contributed by atoms with Gasteiger partial charge in [0.2, 0.25) is 0 Å². The van der Waals surface area contributed by atoms with Crippen LogP contribution in [0.2, 0.25) is 0 Å². The molecule has 3 heteroatoms. The molecular weight excluding hydrogens is 218 g/mol. The molecule has 0 radical (unpaired) electrons. The van der Waals surface area contributed by atoms with Gasteiger partial charge in [-0.05, 0) is 19.2 Å². The molecule has 0 bridgehead atoms. The smallest absolute Gasteiger partial charge is 0.133 e. The fourth-order valence-electron chi connectivity index (χ4n) is 1.78. The number of terminal acetylenes is 1. The molecule has 1 heterocycles. The molecule has 1 aliphatic heterocycles. The van der Waals surface area contributed by atoms with E-state index in [1.807, 2.05) is 37.0 Å². The van der Waals surface area contributed by atoms with Gasteiger partial charge in [-0.1, -0.05) is 12.1 Å². The van der Waals surface area contributed by atoms with E-state index in [2.05, 4.69) is 17.3 Å². The van der Waals surface area contributed by atoms with Crippen LogP contribution >= 0.6 is 11.8 Å². The van der Waals surface area contributed by atoms with Crippen LogP contribution in [0.3, 0.4) is 0 Å². The summed E-state index contributed by atoms with van der Waals surface area (Å²) in [6.07, 6.45) is 6.21. The Bertz CT molecular complexity index is 399. The zero-order valence-corrected chi connectivity index (χ0v) is 10.1. The molecule has 0 amide bonds. The predicted octanol–water partition coefficient (Wildman–Crippen LogP) is 2.15. The van der Waals surface area contributed by atoms with Crippen molar-refractivity contribution in [3.63, 3.8) is 0 Å². The lowest BCUT2D eigenvalue weighted by atomic mass is 10.1. The zero-order valence-electron chi connectivity index (χ0n) is 9.27. The van der Waals surface area contributed by atoms with Crippen molar-refractivity contribution in [1.29, 1.82) is 0 Å². The van der Waals surface area contributed by atoms with Crippen molar-refractivity contribution >= 4 is 11.8 Å². The molecule has 2 rings (SSSR count). The van der Waals surface area contributed by atoms with Crippen LogP contribution in [0.1, 0.15) is 6.42 Å². The number of benzene rings is 1. The molecule has 1 aromatic rings. The normalized spacial score (nSPS) is 20.4. The first kappa shape index (κ1) is 11.4. The van der Waals surface area contributed by atoms with Crippen LogP contribution in [0, 0.1) is 12.3 Å². The van der Waals surface area contributed by atoms with Crippen molar-refractivity contribution in [3.05, 3.63) is 24.3 Å². The first-order chi connectivity index (χ1) is 7.85. The average Bonchev–Trinajstić information content (AvgIpc) is 2.35. The lowest BCUT2D eigenvalue weighted by molar-refractivity contribution is 0.172. The molecule has 0 aliphatic carbocycles. The second-order valence-electron chi connectivity index (χ2n) is 3.72. The molecule has 0 saturated carbocycles. The molecule has 0 spiro atoms. The molecule has 0 saturated heterocycles. The molecule has 16 heavy (non-hydrogen) atoms. The Morgan fingerprint density at radius 2 is 2.44 bits per heavy atom. The highest BCUT2D eigenvalue weighted by Crippen LogP contribution is 2.35. The Morgan fingerprint density at radius 3 is 3.19 bits per heavy atom. The van der Waals surface area contributed by atoms with E-state index in [1.165, 1.54) is 4.90 Å². The van der Waals surface area contributed by atoms with Crippen molar-refractivity contribution in [2.24, 2.45) is 0 Å². The van der Waals surface area contributed by atoms with Gasteiger partial charge in [0.25, 0.3) is 0 Å². The minimum absolute atomic E-state index is 0.154. The summed E-state index contributed by atoms with van der Waals surface area (Å²) in [5, 5.41) is 3.22. The third kappa shape index (κ3) is 2.34. The second-order valence-corrected chi connectivity index (χ2v) is 4.78. The highest BCUT2D eigenvalue weighted by atomic mass is 32.2. The van der Waals surface area contributed by atoms with Crippen molar-refractivity contribution in [3.8, 4) is 18.1 Å². The number of likely N-dealkylation sites (N-methyl/N-ethyl adjacent to an activating group) is 1. The van der Waals surface area contributed by atoms with E-state index in [9.17, 15) is 0 Å². The minimum atomic E-state index is 0.154. The molecule has 2 atom stereocenters. The summed E-state index contributed by atoms with van der Waals surface area (Å²) in [6.45, 7) is 0. The van der Waals surface area contributed by atoms with E-state index >= 15 is 0 Å². The third-order valence-electron chi connectivity index (χ3n) is 2.69. The van der Waals surface area contributed by atoms with Crippen LogP contribution < -0.4 is 10.1 Å². The van der Waals surface area contributed by atoms with Crippen LogP contribution in [0.4, 0.5) is 0 Å². The molecule has 2 nitrogen and oxygen atoms in total. The molecular formula is C13H15NOS. The van der Waals surface area contributed by atoms with Crippen molar-refractivity contribution in [2.45, 2.75) is 23.5 Å². The summed E-state index contributed by atoms with van der Waals surface area (Å²) >= 11 is 1.83. The Balaban J connectivity index is 2.10. The number of fused-ring (bicyclic) bond motifs is 1. The number of ether oxygens (including phenoxy) is 1. The molecule has 0 aromatic heterocycles. The molecule has 84 valence electrons. The van der Waals surface area contributed by atoms with Crippen LogP contribution in [0.5, 0.6) is 5.75 Å². The van der Waals surface area contributed by atoms with E-state index in [4.69, 9.17) is 11.2 Å². The summed E-state index contributed by atoms with van der Waals surface area (Å²) in [5.74, 6) is 4.61. The summed E-state index contributed by atoms with van der Waals surface area (Å²) in [5.41, 5.74) is 0. The summed E-state index contributed by atoms with van der Waals surface area (Å²) in [4.78, 5) is 1.22. The number of rotatable bonds is 3. The maximum atomic E-state index is 5.96. The number of hydrogen-bond donors (Lipinski definition) is 1. The lowest BCUT2D eigenvalue weighted by Gasteiger charge is -2.30. The van der Waals surface area contributed by atoms with Crippen molar-refractivity contribution in [1.82, 2.24) is 5.32 Å². The number of nitrogens with one attached hydrogen (secondary N) is 1. The highest BCUT2D eigenvalue weighted by molar-refractivity contribution is 7.99. The molecule has 2 unspecified atom stereocenters. The van der Waals surface area contributed by atoms with Gasteiger partial charge in [0.05, 0.1) is 6.04 Å². The van der Waals surface area contributed by atoms with Crippen molar-refractivity contribution < 1.29 is 4.74 Å². The Kier molecular flexibility index (Phi) is 3.76. The first-order valence-electron chi connectivity index (χ1n) is 5.34. The molecule has 1 aliphatic rings. The van der Waals surface area contributed by atoms with Gasteiger partial charge in [0, 0.05) is 17.1 Å². The van der Waals surface area contributed by atoms with E-state index in [1.54, 1.807) is 0 Å². The monoisotopic (exact) mass is 233 g/mol. The number of hydrogen-bond acceptors (Lipinski definition) is 3. The average molecular weight is 233 g/mol. The highest BCUT2D eigenvalue weighted by Gasteiger charge is 2.26. The van der Waals surface area contributed by atoms with Gasteiger partial charge in [0.1, 0.15) is 11.9 Å². The Morgan fingerprint density at radius 1 is 1.62 bits per heavy atom. The fourth-order valence-corrected chi connectivity index (χ4v) is 2.86. The van der Waals surface area contributed by atoms with Gasteiger partial charge < -0.3 is 10.1 Å². The Hall–Kier alpha value is -1.11.